The first kappa shape index (κ1) is 23.3. The van der Waals surface area contributed by atoms with E-state index in [0.29, 0.717) is 29.8 Å². The number of rotatable bonds is 7. The summed E-state index contributed by atoms with van der Waals surface area (Å²) in [6.07, 6.45) is 2.08. The number of ether oxygens (including phenoxy) is 1. The highest BCUT2D eigenvalue weighted by Crippen LogP contribution is 2.48. The van der Waals surface area contributed by atoms with Crippen LogP contribution in [0.1, 0.15) is 24.0 Å². The monoisotopic (exact) mass is 485 g/mol. The van der Waals surface area contributed by atoms with Crippen molar-refractivity contribution < 1.29 is 23.8 Å². The molecule has 182 valence electrons. The first-order valence-electron chi connectivity index (χ1n) is 11.5. The number of amides is 1. The van der Waals surface area contributed by atoms with Gasteiger partial charge in [-0.15, -0.1) is 0 Å². The number of carbonyl (C=O) groups is 2. The van der Waals surface area contributed by atoms with Crippen LogP contribution in [0.4, 0.5) is 15.0 Å². The smallest absolute Gasteiger partial charge is 0.413 e. The van der Waals surface area contributed by atoms with Crippen LogP contribution in [0, 0.1) is 5.82 Å². The van der Waals surface area contributed by atoms with Crippen LogP contribution in [-0.4, -0.2) is 26.9 Å². The van der Waals surface area contributed by atoms with E-state index < -0.39 is 23.3 Å². The predicted molar refractivity (Wildman–Crippen MR) is 133 cm³/mol. The number of hydrogen-bond donors (Lipinski definition) is 2. The second-order valence-corrected chi connectivity index (χ2v) is 8.88. The number of nitrogens with zero attached hydrogens (tertiary/aromatic N) is 2. The number of carbonyl (C=O) groups excluding carboxylic acids is 1. The first-order chi connectivity index (χ1) is 17.4. The average molecular weight is 486 g/mol. The van der Waals surface area contributed by atoms with Crippen molar-refractivity contribution in [3.63, 3.8) is 0 Å². The molecule has 1 heterocycles. The highest BCUT2D eigenvalue weighted by Gasteiger charge is 2.51. The quantitative estimate of drug-likeness (QED) is 0.347. The molecule has 0 aliphatic heterocycles. The van der Waals surface area contributed by atoms with Gasteiger partial charge in [-0.25, -0.2) is 9.18 Å². The molecule has 8 heteroatoms. The molecule has 0 spiro atoms. The Hall–Kier alpha value is -4.46. The maximum Gasteiger partial charge on any atom is 0.413 e. The van der Waals surface area contributed by atoms with E-state index in [2.05, 4.69) is 10.4 Å². The van der Waals surface area contributed by atoms with E-state index in [9.17, 15) is 14.7 Å². The molecule has 0 radical (unpaired) electrons. The molecule has 0 atom stereocenters. The second-order valence-electron chi connectivity index (χ2n) is 8.88. The zero-order valence-electron chi connectivity index (χ0n) is 19.6. The summed E-state index contributed by atoms with van der Waals surface area (Å²) in [6, 6.07) is 21.3. The highest BCUT2D eigenvalue weighted by molar-refractivity contribution is 5.90. The van der Waals surface area contributed by atoms with Crippen LogP contribution in [-0.2, 0) is 28.6 Å². The van der Waals surface area contributed by atoms with Gasteiger partial charge in [0.1, 0.15) is 18.2 Å². The summed E-state index contributed by atoms with van der Waals surface area (Å²) in [6.45, 7) is 0.106. The SMILES string of the molecule is Cn1ncc(-c2ccc(-c3ccc(C4(C(=O)O)CC4)cc3)cc2F)c1NC(=O)OCc1ccccc1. The number of aliphatic carboxylic acids is 1. The zero-order chi connectivity index (χ0) is 25.3. The first-order valence-corrected chi connectivity index (χ1v) is 11.5. The lowest BCUT2D eigenvalue weighted by Crippen LogP contribution is -2.19. The molecule has 1 aromatic heterocycles. The number of hydrogen-bond acceptors (Lipinski definition) is 4. The minimum atomic E-state index is -0.810. The Morgan fingerprint density at radius 2 is 1.72 bits per heavy atom. The minimum Gasteiger partial charge on any atom is -0.481 e. The van der Waals surface area contributed by atoms with Crippen molar-refractivity contribution in [2.24, 2.45) is 7.05 Å². The van der Waals surface area contributed by atoms with Gasteiger partial charge >= 0.3 is 12.1 Å². The van der Waals surface area contributed by atoms with Crippen LogP contribution in [0.15, 0.2) is 79.0 Å². The Morgan fingerprint density at radius 3 is 2.36 bits per heavy atom. The minimum absolute atomic E-state index is 0.106. The molecule has 5 rings (SSSR count). The molecule has 0 bridgehead atoms. The molecule has 1 aliphatic rings. The molecule has 1 fully saturated rings. The number of aryl methyl sites for hydroxylation is 1. The molecule has 7 nitrogen and oxygen atoms in total. The molecule has 3 aromatic carbocycles. The molecular formula is C28H24FN3O4. The van der Waals surface area contributed by atoms with E-state index in [4.69, 9.17) is 4.74 Å². The number of aromatic nitrogens is 2. The predicted octanol–water partition coefficient (Wildman–Crippen LogP) is 5.76. The fraction of sp³-hybridized carbons (Fsp3) is 0.179. The van der Waals surface area contributed by atoms with E-state index in [1.54, 1.807) is 31.3 Å². The van der Waals surface area contributed by atoms with Crippen molar-refractivity contribution in [1.29, 1.82) is 0 Å². The molecule has 4 aromatic rings. The summed E-state index contributed by atoms with van der Waals surface area (Å²) in [5.74, 6) is -0.975. The number of carboxylic acid groups (broad SMARTS) is 1. The summed E-state index contributed by atoms with van der Waals surface area (Å²) in [4.78, 5) is 23.9. The van der Waals surface area contributed by atoms with Gasteiger partial charge in [0.15, 0.2) is 0 Å². The van der Waals surface area contributed by atoms with Gasteiger partial charge in [-0.05, 0) is 41.2 Å². The fourth-order valence-electron chi connectivity index (χ4n) is 4.28. The van der Waals surface area contributed by atoms with Crippen molar-refractivity contribution in [1.82, 2.24) is 9.78 Å². The van der Waals surface area contributed by atoms with Gasteiger partial charge in [0.05, 0.1) is 11.6 Å². The van der Waals surface area contributed by atoms with Gasteiger partial charge < -0.3 is 9.84 Å². The van der Waals surface area contributed by atoms with E-state index >= 15 is 4.39 Å². The average Bonchev–Trinajstić information content (AvgIpc) is 3.63. The lowest BCUT2D eigenvalue weighted by atomic mass is 9.93. The Balaban J connectivity index is 1.33. The van der Waals surface area contributed by atoms with Crippen molar-refractivity contribution in [2.75, 3.05) is 5.32 Å². The van der Waals surface area contributed by atoms with Crippen LogP contribution in [0.25, 0.3) is 22.3 Å². The van der Waals surface area contributed by atoms with E-state index in [1.807, 2.05) is 42.5 Å². The summed E-state index contributed by atoms with van der Waals surface area (Å²) < 4.78 is 22.0. The lowest BCUT2D eigenvalue weighted by Gasteiger charge is -2.12. The Morgan fingerprint density at radius 1 is 1.03 bits per heavy atom. The van der Waals surface area contributed by atoms with Gasteiger partial charge in [0.2, 0.25) is 0 Å². The van der Waals surface area contributed by atoms with Gasteiger partial charge in [-0.3, -0.25) is 14.8 Å². The summed E-state index contributed by atoms with van der Waals surface area (Å²) in [5, 5.41) is 16.3. The second kappa shape index (κ2) is 9.30. The van der Waals surface area contributed by atoms with Gasteiger partial charge in [0, 0.05) is 18.2 Å². The van der Waals surface area contributed by atoms with Crippen LogP contribution in [0.2, 0.25) is 0 Å². The van der Waals surface area contributed by atoms with Crippen LogP contribution in [0.3, 0.4) is 0 Å². The highest BCUT2D eigenvalue weighted by atomic mass is 19.1. The summed E-state index contributed by atoms with van der Waals surface area (Å²) in [7, 11) is 1.65. The topological polar surface area (TPSA) is 93.5 Å². The largest absolute Gasteiger partial charge is 0.481 e. The third kappa shape index (κ3) is 4.45. The maximum atomic E-state index is 15.2. The van der Waals surface area contributed by atoms with Crippen molar-refractivity contribution in [3.8, 4) is 22.3 Å². The lowest BCUT2D eigenvalue weighted by molar-refractivity contribution is -0.140. The maximum absolute atomic E-state index is 15.2. The Labute approximate surface area is 207 Å². The molecule has 1 amide bonds. The molecular weight excluding hydrogens is 461 g/mol. The van der Waals surface area contributed by atoms with Crippen LogP contribution >= 0.6 is 0 Å². The summed E-state index contributed by atoms with van der Waals surface area (Å²) >= 11 is 0. The van der Waals surface area contributed by atoms with Crippen LogP contribution in [0.5, 0.6) is 0 Å². The Kier molecular flexibility index (Phi) is 6.01. The van der Waals surface area contributed by atoms with Crippen molar-refractivity contribution >= 4 is 17.9 Å². The molecule has 0 unspecified atom stereocenters. The van der Waals surface area contributed by atoms with E-state index in [1.165, 1.54) is 16.9 Å². The number of nitrogens with one attached hydrogen (secondary N) is 1. The standard InChI is InChI=1S/C28H24FN3O4/c1-32-25(31-27(35)36-17-18-5-3-2-4-6-18)23(16-30-32)22-12-9-20(15-24(22)29)19-7-10-21(11-8-19)28(13-14-28)26(33)34/h2-12,15-16H,13-14,17H2,1H3,(H,31,35)(H,33,34). The molecule has 0 saturated heterocycles. The van der Waals surface area contributed by atoms with Gasteiger partial charge in [-0.1, -0.05) is 66.7 Å². The molecule has 1 saturated carbocycles. The van der Waals surface area contributed by atoms with Crippen molar-refractivity contribution in [2.45, 2.75) is 24.9 Å². The van der Waals surface area contributed by atoms with E-state index in [-0.39, 0.29) is 12.2 Å². The number of carboxylic acids is 1. The Bertz CT molecular complexity index is 1430. The zero-order valence-corrected chi connectivity index (χ0v) is 19.6. The number of halogens is 1. The normalized spacial score (nSPS) is 13.7. The fourth-order valence-corrected chi connectivity index (χ4v) is 4.28. The molecule has 36 heavy (non-hydrogen) atoms. The summed E-state index contributed by atoms with van der Waals surface area (Å²) in [5.41, 5.74) is 2.97. The van der Waals surface area contributed by atoms with Gasteiger partial charge in [0.25, 0.3) is 0 Å². The molecule has 2 N–H and O–H groups in total. The number of anilines is 1. The van der Waals surface area contributed by atoms with Crippen molar-refractivity contribution in [3.05, 3.63) is 95.9 Å². The van der Waals surface area contributed by atoms with Crippen LogP contribution < -0.4 is 5.32 Å². The third-order valence-corrected chi connectivity index (χ3v) is 6.56. The number of benzene rings is 3. The van der Waals surface area contributed by atoms with E-state index in [0.717, 1.165) is 16.7 Å². The third-order valence-electron chi connectivity index (χ3n) is 6.56. The molecule has 1 aliphatic carbocycles. The van der Waals surface area contributed by atoms with Gasteiger partial charge in [-0.2, -0.15) is 5.10 Å².